The summed E-state index contributed by atoms with van der Waals surface area (Å²) in [6, 6.07) is 0. The maximum Gasteiger partial charge on any atom is 0.355 e. The van der Waals surface area contributed by atoms with Gasteiger partial charge in [-0.2, -0.15) is 0 Å². The van der Waals surface area contributed by atoms with E-state index < -0.39 is 11.7 Å². The fraction of sp³-hybridized carbons (Fsp3) is 0.250. The topological polar surface area (TPSA) is 111 Å². The lowest BCUT2D eigenvalue weighted by Crippen LogP contribution is -2.11. The SMILES string of the molecule is CN.N=CC(=N)C(=O)O. The van der Waals surface area contributed by atoms with Crippen molar-refractivity contribution in [3.8, 4) is 0 Å². The average Bonchev–Trinajstić information content (AvgIpc) is 1.91. The highest BCUT2D eigenvalue weighted by Crippen LogP contribution is 1.62. The van der Waals surface area contributed by atoms with Crippen LogP contribution in [0.25, 0.3) is 0 Å². The van der Waals surface area contributed by atoms with Crippen LogP contribution in [0, 0.1) is 10.8 Å². The van der Waals surface area contributed by atoms with E-state index in [0.29, 0.717) is 6.21 Å². The molecule has 0 aromatic rings. The monoisotopic (exact) mass is 131 g/mol. The molecule has 0 spiro atoms. The first kappa shape index (κ1) is 10.7. The van der Waals surface area contributed by atoms with Gasteiger partial charge in [0.25, 0.3) is 0 Å². The van der Waals surface area contributed by atoms with Crippen LogP contribution in [0.2, 0.25) is 0 Å². The molecule has 0 aromatic heterocycles. The molecule has 9 heavy (non-hydrogen) atoms. The molecule has 0 atom stereocenters. The van der Waals surface area contributed by atoms with Crippen molar-refractivity contribution in [3.63, 3.8) is 0 Å². The lowest BCUT2D eigenvalue weighted by Gasteiger charge is -1.79. The van der Waals surface area contributed by atoms with Crippen molar-refractivity contribution in [2.24, 2.45) is 5.73 Å². The molecule has 0 heterocycles. The Morgan fingerprint density at radius 2 is 2.00 bits per heavy atom. The predicted octanol–water partition coefficient (Wildman–Crippen LogP) is -0.685. The number of rotatable bonds is 2. The Hall–Kier alpha value is -1.23. The number of nitrogens with one attached hydrogen (secondary N) is 2. The first-order chi connectivity index (χ1) is 4.18. The fourth-order valence-electron chi connectivity index (χ4n) is 0.0617. The molecule has 0 aromatic carbocycles. The smallest absolute Gasteiger partial charge is 0.355 e. The maximum absolute atomic E-state index is 9.55. The highest BCUT2D eigenvalue weighted by Gasteiger charge is 1.98. The van der Waals surface area contributed by atoms with Gasteiger partial charge in [0.05, 0.1) is 6.21 Å². The van der Waals surface area contributed by atoms with Gasteiger partial charge in [0.2, 0.25) is 0 Å². The molecule has 5 heteroatoms. The summed E-state index contributed by atoms with van der Waals surface area (Å²) >= 11 is 0. The van der Waals surface area contributed by atoms with Crippen LogP contribution in [0.15, 0.2) is 0 Å². The largest absolute Gasteiger partial charge is 0.476 e. The standard InChI is InChI=1S/C3H4N2O2.CH5N/c4-1-2(5)3(6)7;1-2/h1,4-5H,(H,6,7);2H2,1H3. The van der Waals surface area contributed by atoms with Gasteiger partial charge in [0, 0.05) is 0 Å². The van der Waals surface area contributed by atoms with Crippen molar-refractivity contribution in [2.45, 2.75) is 0 Å². The molecule has 0 bridgehead atoms. The van der Waals surface area contributed by atoms with Crippen LogP contribution in [0.3, 0.4) is 0 Å². The van der Waals surface area contributed by atoms with Crippen molar-refractivity contribution in [3.05, 3.63) is 0 Å². The Morgan fingerprint density at radius 3 is 2.00 bits per heavy atom. The summed E-state index contributed by atoms with van der Waals surface area (Å²) < 4.78 is 0. The molecule has 0 aliphatic rings. The number of aliphatic carboxylic acids is 1. The van der Waals surface area contributed by atoms with Crippen LogP contribution in [-0.4, -0.2) is 30.0 Å². The Labute approximate surface area is 52.5 Å². The van der Waals surface area contributed by atoms with E-state index in [0.717, 1.165) is 0 Å². The summed E-state index contributed by atoms with van der Waals surface area (Å²) in [5.41, 5.74) is 3.81. The molecule has 0 rings (SSSR count). The molecule has 0 saturated heterocycles. The average molecular weight is 131 g/mol. The van der Waals surface area contributed by atoms with Crippen molar-refractivity contribution in [1.82, 2.24) is 0 Å². The van der Waals surface area contributed by atoms with Crippen LogP contribution in [0.1, 0.15) is 0 Å². The van der Waals surface area contributed by atoms with E-state index in [1.807, 2.05) is 0 Å². The molecule has 0 unspecified atom stereocenters. The molecule has 0 amide bonds. The number of hydrogen-bond acceptors (Lipinski definition) is 4. The second-order valence-electron chi connectivity index (χ2n) is 0.863. The zero-order valence-corrected chi connectivity index (χ0v) is 5.01. The Kier molecular flexibility index (Phi) is 8.05. The summed E-state index contributed by atoms with van der Waals surface area (Å²) in [7, 11) is 1.50. The predicted molar refractivity (Wildman–Crippen MR) is 34.3 cm³/mol. The molecule has 0 fully saturated rings. The normalized spacial score (nSPS) is 6.44. The summed E-state index contributed by atoms with van der Waals surface area (Å²) in [4.78, 5) is 9.55. The van der Waals surface area contributed by atoms with Crippen molar-refractivity contribution >= 4 is 17.9 Å². The second kappa shape index (κ2) is 6.77. The van der Waals surface area contributed by atoms with Gasteiger partial charge in [-0.15, -0.1) is 0 Å². The van der Waals surface area contributed by atoms with E-state index in [2.05, 4.69) is 5.73 Å². The molecule has 5 N–H and O–H groups in total. The molecular formula is C4H9N3O2. The number of carbonyl (C=O) groups is 1. The Bertz CT molecular complexity index is 121. The Morgan fingerprint density at radius 1 is 1.67 bits per heavy atom. The summed E-state index contributed by atoms with van der Waals surface area (Å²) in [5.74, 6) is -1.37. The van der Waals surface area contributed by atoms with Crippen LogP contribution in [0.4, 0.5) is 0 Å². The minimum atomic E-state index is -1.37. The first-order valence-corrected chi connectivity index (χ1v) is 2.08. The van der Waals surface area contributed by atoms with Crippen molar-refractivity contribution in [2.75, 3.05) is 7.05 Å². The zero-order valence-electron chi connectivity index (χ0n) is 5.01. The quantitative estimate of drug-likeness (QED) is 0.372. The van der Waals surface area contributed by atoms with Gasteiger partial charge in [-0.1, -0.05) is 0 Å². The third-order valence-corrected chi connectivity index (χ3v) is 0.375. The summed E-state index contributed by atoms with van der Waals surface area (Å²) in [6.45, 7) is 0. The van der Waals surface area contributed by atoms with Gasteiger partial charge in [0.15, 0.2) is 5.71 Å². The van der Waals surface area contributed by atoms with Gasteiger partial charge in [-0.3, -0.25) is 5.41 Å². The van der Waals surface area contributed by atoms with Gasteiger partial charge in [0.1, 0.15) is 0 Å². The zero-order chi connectivity index (χ0) is 7.86. The van der Waals surface area contributed by atoms with E-state index in [9.17, 15) is 4.79 Å². The molecule has 52 valence electrons. The van der Waals surface area contributed by atoms with Gasteiger partial charge in [-0.05, 0) is 7.05 Å². The molecule has 0 aliphatic heterocycles. The Balaban J connectivity index is 0. The third-order valence-electron chi connectivity index (χ3n) is 0.375. The number of carboxylic acids is 1. The maximum atomic E-state index is 9.55. The van der Waals surface area contributed by atoms with Crippen molar-refractivity contribution < 1.29 is 9.90 Å². The van der Waals surface area contributed by atoms with E-state index in [4.69, 9.17) is 15.9 Å². The van der Waals surface area contributed by atoms with Crippen LogP contribution in [-0.2, 0) is 4.79 Å². The summed E-state index contributed by atoms with van der Waals surface area (Å²) in [5, 5.41) is 20.4. The van der Waals surface area contributed by atoms with Crippen LogP contribution < -0.4 is 5.73 Å². The van der Waals surface area contributed by atoms with E-state index in [1.54, 1.807) is 0 Å². The molecule has 0 radical (unpaired) electrons. The molecule has 0 aliphatic carbocycles. The summed E-state index contributed by atoms with van der Waals surface area (Å²) in [6.07, 6.45) is 0.475. The molecule has 5 nitrogen and oxygen atoms in total. The second-order valence-corrected chi connectivity index (χ2v) is 0.863. The highest BCUT2D eigenvalue weighted by molar-refractivity contribution is 6.57. The van der Waals surface area contributed by atoms with Gasteiger partial charge in [-0.25, -0.2) is 4.79 Å². The lowest BCUT2D eigenvalue weighted by atomic mass is 10.4. The minimum absolute atomic E-state index is 0.475. The van der Waals surface area contributed by atoms with Gasteiger partial charge < -0.3 is 16.2 Å². The minimum Gasteiger partial charge on any atom is -0.476 e. The number of nitrogens with two attached hydrogens (primary N) is 1. The number of carboxylic acid groups (broad SMARTS) is 1. The lowest BCUT2D eigenvalue weighted by molar-refractivity contribution is -0.129. The third kappa shape index (κ3) is 6.77. The van der Waals surface area contributed by atoms with Crippen LogP contribution in [0.5, 0.6) is 0 Å². The fourth-order valence-corrected chi connectivity index (χ4v) is 0.0617. The molecule has 0 saturated carbocycles. The molecular weight excluding hydrogens is 122 g/mol. The van der Waals surface area contributed by atoms with E-state index >= 15 is 0 Å². The van der Waals surface area contributed by atoms with E-state index in [1.165, 1.54) is 7.05 Å². The highest BCUT2D eigenvalue weighted by atomic mass is 16.4. The van der Waals surface area contributed by atoms with Crippen molar-refractivity contribution in [1.29, 1.82) is 10.8 Å². The van der Waals surface area contributed by atoms with Gasteiger partial charge >= 0.3 is 5.97 Å². The first-order valence-electron chi connectivity index (χ1n) is 2.08. The van der Waals surface area contributed by atoms with Crippen LogP contribution >= 0.6 is 0 Å². The number of hydrogen-bond donors (Lipinski definition) is 4. The van der Waals surface area contributed by atoms with E-state index in [-0.39, 0.29) is 0 Å².